The Hall–Kier alpha value is -4.49. The van der Waals surface area contributed by atoms with Gasteiger partial charge in [-0.25, -0.2) is 14.4 Å². The van der Waals surface area contributed by atoms with E-state index in [0.717, 1.165) is 22.8 Å². The Morgan fingerprint density at radius 1 is 0.952 bits per heavy atom. The van der Waals surface area contributed by atoms with Crippen LogP contribution in [0.2, 0.25) is 0 Å². The number of aromatic amines is 1. The number of para-hydroxylation sites is 1. The highest BCUT2D eigenvalue weighted by Crippen LogP contribution is 2.39. The number of halogens is 7. The molecule has 0 unspecified atom stereocenters. The van der Waals surface area contributed by atoms with E-state index in [2.05, 4.69) is 15.3 Å². The van der Waals surface area contributed by atoms with Crippen molar-refractivity contribution in [2.24, 2.45) is 5.92 Å². The lowest BCUT2D eigenvalue weighted by Gasteiger charge is -2.32. The van der Waals surface area contributed by atoms with Crippen LogP contribution in [0.15, 0.2) is 59.4 Å². The van der Waals surface area contributed by atoms with Crippen LogP contribution in [0.25, 0.3) is 22.3 Å². The summed E-state index contributed by atoms with van der Waals surface area (Å²) < 4.78 is 96.0. The Morgan fingerprint density at radius 2 is 1.67 bits per heavy atom. The predicted octanol–water partition coefficient (Wildman–Crippen LogP) is 5.69. The maximum absolute atomic E-state index is 15.4. The summed E-state index contributed by atoms with van der Waals surface area (Å²) in [6, 6.07) is 12.8. The van der Waals surface area contributed by atoms with Crippen molar-refractivity contribution in [3.05, 3.63) is 87.6 Å². The van der Waals surface area contributed by atoms with Gasteiger partial charge in [-0.15, -0.1) is 0 Å². The van der Waals surface area contributed by atoms with Gasteiger partial charge in [-0.2, -0.15) is 26.3 Å². The summed E-state index contributed by atoms with van der Waals surface area (Å²) in [5.74, 6) is -2.95. The van der Waals surface area contributed by atoms with Crippen LogP contribution in [0.1, 0.15) is 29.7 Å². The number of piperidine rings is 1. The van der Waals surface area contributed by atoms with Crippen LogP contribution in [0, 0.1) is 11.7 Å². The van der Waals surface area contributed by atoms with Crippen molar-refractivity contribution in [2.45, 2.75) is 31.7 Å². The Morgan fingerprint density at radius 3 is 2.36 bits per heavy atom. The van der Waals surface area contributed by atoms with E-state index in [0.29, 0.717) is 32.0 Å². The molecule has 1 aliphatic heterocycles. The summed E-state index contributed by atoms with van der Waals surface area (Å²) in [7, 11) is 0. The molecule has 0 saturated carbocycles. The largest absolute Gasteiger partial charge is 0.433 e. The number of hydrogen-bond donors (Lipinski definition) is 2. The average Bonchev–Trinajstić information content (AvgIpc) is 2.94. The number of amides is 1. The van der Waals surface area contributed by atoms with E-state index >= 15 is 4.39 Å². The number of fused-ring (bicyclic) bond motifs is 1. The van der Waals surface area contributed by atoms with Crippen LogP contribution in [-0.4, -0.2) is 33.9 Å². The van der Waals surface area contributed by atoms with Crippen molar-refractivity contribution < 1.29 is 35.5 Å². The molecule has 1 amide bonds. The summed E-state index contributed by atoms with van der Waals surface area (Å²) in [5, 5.41) is 3.50. The molecule has 1 aliphatic rings. The van der Waals surface area contributed by atoms with Gasteiger partial charge in [0.1, 0.15) is 17.5 Å². The van der Waals surface area contributed by atoms with E-state index in [4.69, 9.17) is 0 Å². The summed E-state index contributed by atoms with van der Waals surface area (Å²) in [5.41, 5.74) is -5.77. The Kier molecular flexibility index (Phi) is 7.64. The van der Waals surface area contributed by atoms with Crippen molar-refractivity contribution in [2.75, 3.05) is 18.0 Å². The minimum absolute atomic E-state index is 0.0557. The number of carbonyl (C=O) groups is 1. The molecule has 2 N–H and O–H groups in total. The second-order valence-corrected chi connectivity index (χ2v) is 9.78. The molecule has 2 aromatic carbocycles. The van der Waals surface area contributed by atoms with E-state index in [1.165, 1.54) is 0 Å². The number of pyridine rings is 1. The number of anilines is 1. The maximum Gasteiger partial charge on any atom is 0.433 e. The Balaban J connectivity index is 1.31. The van der Waals surface area contributed by atoms with Crippen LogP contribution in [-0.2, 0) is 23.7 Å². The first-order chi connectivity index (χ1) is 19.8. The van der Waals surface area contributed by atoms with E-state index in [9.17, 15) is 35.9 Å². The van der Waals surface area contributed by atoms with E-state index < -0.39 is 70.3 Å². The molecule has 0 spiro atoms. The second-order valence-electron chi connectivity index (χ2n) is 9.78. The molecular formula is C28H22F7N5O2. The molecule has 0 bridgehead atoms. The number of nitrogens with zero attached hydrogens (tertiary/aromatic N) is 3. The van der Waals surface area contributed by atoms with Gasteiger partial charge in [-0.3, -0.25) is 9.59 Å². The molecule has 0 radical (unpaired) electrons. The Bertz CT molecular complexity index is 1690. The van der Waals surface area contributed by atoms with Crippen molar-refractivity contribution in [1.82, 2.24) is 20.3 Å². The number of alkyl halides is 6. The van der Waals surface area contributed by atoms with Gasteiger partial charge in [-0.05, 0) is 37.1 Å². The number of aromatic nitrogens is 3. The molecule has 0 atom stereocenters. The fourth-order valence-electron chi connectivity index (χ4n) is 4.87. The molecule has 0 aliphatic carbocycles. The third-order valence-corrected chi connectivity index (χ3v) is 7.02. The third kappa shape index (κ3) is 6.06. The van der Waals surface area contributed by atoms with Crippen LogP contribution in [0.4, 0.5) is 36.6 Å². The predicted molar refractivity (Wildman–Crippen MR) is 139 cm³/mol. The molecule has 2 aromatic heterocycles. The van der Waals surface area contributed by atoms with E-state index in [1.54, 1.807) is 4.98 Å². The highest BCUT2D eigenvalue weighted by molar-refractivity contribution is 5.81. The highest BCUT2D eigenvalue weighted by Gasteiger charge is 2.39. The smallest absolute Gasteiger partial charge is 0.357 e. The quantitative estimate of drug-likeness (QED) is 0.290. The first-order valence-electron chi connectivity index (χ1n) is 12.8. The summed E-state index contributed by atoms with van der Waals surface area (Å²) >= 11 is 0. The zero-order chi connectivity index (χ0) is 30.2. The van der Waals surface area contributed by atoms with Gasteiger partial charge in [0.15, 0.2) is 5.69 Å². The van der Waals surface area contributed by atoms with Gasteiger partial charge in [0.25, 0.3) is 5.56 Å². The van der Waals surface area contributed by atoms with Crippen molar-refractivity contribution in [3.63, 3.8) is 0 Å². The lowest BCUT2D eigenvalue weighted by atomic mass is 9.95. The zero-order valence-corrected chi connectivity index (χ0v) is 21.6. The summed E-state index contributed by atoms with van der Waals surface area (Å²) in [6.07, 6.45) is -9.46. The molecule has 4 aromatic rings. The van der Waals surface area contributed by atoms with Gasteiger partial charge in [-0.1, -0.05) is 24.3 Å². The van der Waals surface area contributed by atoms with Gasteiger partial charge in [0, 0.05) is 42.6 Å². The normalized spacial score (nSPS) is 14.8. The topological polar surface area (TPSA) is 91.0 Å². The molecule has 1 saturated heterocycles. The number of nitrogens with one attached hydrogen (secondary N) is 2. The number of hydrogen-bond acceptors (Lipinski definition) is 5. The molecule has 3 heterocycles. The van der Waals surface area contributed by atoms with Crippen molar-refractivity contribution in [3.8, 4) is 11.4 Å². The summed E-state index contributed by atoms with van der Waals surface area (Å²) in [6.45, 7) is 0.485. The number of H-pyrrole nitrogens is 1. The lowest BCUT2D eigenvalue weighted by Crippen LogP contribution is -2.40. The van der Waals surface area contributed by atoms with Gasteiger partial charge in [0.2, 0.25) is 5.91 Å². The lowest BCUT2D eigenvalue weighted by molar-refractivity contribution is -0.141. The van der Waals surface area contributed by atoms with E-state index in [-0.39, 0.29) is 6.07 Å². The van der Waals surface area contributed by atoms with Gasteiger partial charge >= 0.3 is 12.4 Å². The van der Waals surface area contributed by atoms with E-state index in [1.807, 2.05) is 41.3 Å². The number of carbonyl (C=O) groups excluding carboxylic acids is 1. The standard InChI is InChI=1S/C28H22F7N5O2/c29-24-17(5-7-18(27(30,31)32)23(24)25-38-20(28(33,34)35)13-22(41)39-25)14-36-26(42)16-9-11-40(12-10-16)21-8-6-15-3-1-2-4-19(15)37-21/h1-8,13,16H,9-12,14H2,(H,36,42)(H,38,39,41). The molecule has 220 valence electrons. The van der Waals surface area contributed by atoms with Crippen LogP contribution >= 0.6 is 0 Å². The molecule has 5 rings (SSSR count). The van der Waals surface area contributed by atoms with Crippen molar-refractivity contribution >= 4 is 22.6 Å². The van der Waals surface area contributed by atoms with Crippen LogP contribution in [0.5, 0.6) is 0 Å². The van der Waals surface area contributed by atoms with Crippen LogP contribution in [0.3, 0.4) is 0 Å². The number of benzene rings is 2. The van der Waals surface area contributed by atoms with Gasteiger partial charge < -0.3 is 15.2 Å². The Labute approximate surface area is 233 Å². The summed E-state index contributed by atoms with van der Waals surface area (Å²) in [4.78, 5) is 36.1. The molecule has 7 nitrogen and oxygen atoms in total. The first kappa shape index (κ1) is 29.0. The fraction of sp³-hybridized carbons (Fsp3) is 0.286. The highest BCUT2D eigenvalue weighted by atomic mass is 19.4. The monoisotopic (exact) mass is 593 g/mol. The minimum atomic E-state index is -5.18. The molecule has 1 fully saturated rings. The maximum atomic E-state index is 15.4. The second kappa shape index (κ2) is 11.1. The molecule has 42 heavy (non-hydrogen) atoms. The number of rotatable bonds is 5. The van der Waals surface area contributed by atoms with Crippen LogP contribution < -0.4 is 15.8 Å². The minimum Gasteiger partial charge on any atom is -0.357 e. The SMILES string of the molecule is O=C(NCc1ccc(C(F)(F)F)c(-c2nc(C(F)(F)F)cc(=O)[nH]2)c1F)C1CCN(c2ccc3ccccc3n2)CC1. The first-order valence-corrected chi connectivity index (χ1v) is 12.8. The van der Waals surface area contributed by atoms with Gasteiger partial charge in [0.05, 0.1) is 16.6 Å². The zero-order valence-electron chi connectivity index (χ0n) is 21.6. The fourth-order valence-corrected chi connectivity index (χ4v) is 4.87. The third-order valence-electron chi connectivity index (χ3n) is 7.02. The van der Waals surface area contributed by atoms with Crippen molar-refractivity contribution in [1.29, 1.82) is 0 Å². The average molecular weight is 594 g/mol. The molecular weight excluding hydrogens is 571 g/mol. The molecule has 14 heteroatoms.